The number of benzene rings is 1. The van der Waals surface area contributed by atoms with E-state index in [2.05, 4.69) is 30.8 Å². The van der Waals surface area contributed by atoms with Crippen LogP contribution in [0.15, 0.2) is 30.3 Å². The van der Waals surface area contributed by atoms with Gasteiger partial charge in [-0.25, -0.2) is 0 Å². The summed E-state index contributed by atoms with van der Waals surface area (Å²) in [6, 6.07) is 9.92. The van der Waals surface area contributed by atoms with Gasteiger partial charge in [-0.3, -0.25) is 0 Å². The molecule has 1 atom stereocenters. The molecule has 0 radical (unpaired) electrons. The molecular weight excluding hydrogens is 262 g/mol. The fourth-order valence-electron chi connectivity index (χ4n) is 2.48. The van der Waals surface area contributed by atoms with Crippen LogP contribution in [0.2, 0.25) is 0 Å². The second kappa shape index (κ2) is 9.15. The molecule has 0 aliphatic carbocycles. The van der Waals surface area contributed by atoms with Crippen molar-refractivity contribution in [3.63, 3.8) is 0 Å². The molecule has 4 heteroatoms. The molecule has 120 valence electrons. The predicted molar refractivity (Wildman–Crippen MR) is 89.3 cm³/mol. The average molecular weight is 293 g/mol. The van der Waals surface area contributed by atoms with Crippen molar-refractivity contribution in [1.29, 1.82) is 0 Å². The summed E-state index contributed by atoms with van der Waals surface area (Å²) in [5.41, 5.74) is 6.78. The van der Waals surface area contributed by atoms with E-state index < -0.39 is 5.54 Å². The Labute approximate surface area is 129 Å². The Hall–Kier alpha value is -0.940. The summed E-state index contributed by atoms with van der Waals surface area (Å²) >= 11 is 0. The Morgan fingerprint density at radius 3 is 2.29 bits per heavy atom. The van der Waals surface area contributed by atoms with Gasteiger partial charge in [-0.15, -0.1) is 0 Å². The van der Waals surface area contributed by atoms with E-state index in [0.29, 0.717) is 0 Å². The van der Waals surface area contributed by atoms with Crippen LogP contribution in [0.3, 0.4) is 0 Å². The highest BCUT2D eigenvalue weighted by molar-refractivity contribution is 5.24. The van der Waals surface area contributed by atoms with E-state index in [4.69, 9.17) is 5.73 Å². The van der Waals surface area contributed by atoms with E-state index in [-0.39, 0.29) is 6.61 Å². The number of nitrogens with zero attached hydrogens (tertiary/aromatic N) is 2. The highest BCUT2D eigenvalue weighted by atomic mass is 16.3. The third-order valence-corrected chi connectivity index (χ3v) is 4.03. The highest BCUT2D eigenvalue weighted by Crippen LogP contribution is 2.22. The topological polar surface area (TPSA) is 52.7 Å². The van der Waals surface area contributed by atoms with Gasteiger partial charge < -0.3 is 20.6 Å². The highest BCUT2D eigenvalue weighted by Gasteiger charge is 2.26. The number of aliphatic hydroxyl groups excluding tert-OH is 1. The van der Waals surface area contributed by atoms with E-state index in [1.54, 1.807) is 0 Å². The van der Waals surface area contributed by atoms with E-state index in [1.165, 1.54) is 0 Å². The first-order valence-electron chi connectivity index (χ1n) is 7.84. The van der Waals surface area contributed by atoms with Crippen LogP contribution >= 0.6 is 0 Å². The van der Waals surface area contributed by atoms with Gasteiger partial charge >= 0.3 is 0 Å². The van der Waals surface area contributed by atoms with Crippen molar-refractivity contribution in [3.8, 4) is 0 Å². The van der Waals surface area contributed by atoms with Gasteiger partial charge in [0.05, 0.1) is 12.1 Å². The minimum Gasteiger partial charge on any atom is -0.394 e. The van der Waals surface area contributed by atoms with Crippen LogP contribution in [-0.4, -0.2) is 61.8 Å². The van der Waals surface area contributed by atoms with Crippen LogP contribution in [0, 0.1) is 0 Å². The molecule has 1 rings (SSSR count). The lowest BCUT2D eigenvalue weighted by atomic mass is 9.88. The van der Waals surface area contributed by atoms with E-state index in [0.717, 1.165) is 44.6 Å². The van der Waals surface area contributed by atoms with Crippen molar-refractivity contribution in [2.75, 3.05) is 46.9 Å². The van der Waals surface area contributed by atoms with Gasteiger partial charge in [-0.2, -0.15) is 0 Å². The second-order valence-corrected chi connectivity index (χ2v) is 6.02. The molecule has 1 aromatic carbocycles. The molecule has 0 saturated heterocycles. The first-order valence-corrected chi connectivity index (χ1v) is 7.84. The van der Waals surface area contributed by atoms with Crippen molar-refractivity contribution >= 4 is 0 Å². The molecule has 0 amide bonds. The molecule has 0 saturated carbocycles. The fourth-order valence-corrected chi connectivity index (χ4v) is 2.48. The average Bonchev–Trinajstić information content (AvgIpc) is 2.51. The summed E-state index contributed by atoms with van der Waals surface area (Å²) < 4.78 is 0. The van der Waals surface area contributed by atoms with Gasteiger partial charge in [0, 0.05) is 6.54 Å². The van der Waals surface area contributed by atoms with E-state index >= 15 is 0 Å². The van der Waals surface area contributed by atoms with Gasteiger partial charge in [0.15, 0.2) is 0 Å². The summed E-state index contributed by atoms with van der Waals surface area (Å²) in [5.74, 6) is 0. The largest absolute Gasteiger partial charge is 0.394 e. The van der Waals surface area contributed by atoms with Crippen LogP contribution < -0.4 is 5.73 Å². The Bertz CT molecular complexity index is 383. The van der Waals surface area contributed by atoms with E-state index in [1.807, 2.05) is 30.3 Å². The van der Waals surface area contributed by atoms with Crippen LogP contribution in [0.25, 0.3) is 0 Å². The van der Waals surface area contributed by atoms with Crippen molar-refractivity contribution < 1.29 is 5.11 Å². The Kier molecular flexibility index (Phi) is 7.89. The molecule has 3 N–H and O–H groups in total. The molecule has 0 bridgehead atoms. The molecule has 21 heavy (non-hydrogen) atoms. The molecular formula is C17H31N3O. The summed E-state index contributed by atoms with van der Waals surface area (Å²) in [5, 5.41) is 9.72. The molecule has 0 aliphatic rings. The van der Waals surface area contributed by atoms with Crippen molar-refractivity contribution in [3.05, 3.63) is 35.9 Å². The summed E-state index contributed by atoms with van der Waals surface area (Å²) in [6.07, 6.45) is 1.92. The molecule has 0 spiro atoms. The van der Waals surface area contributed by atoms with E-state index in [9.17, 15) is 5.11 Å². The fraction of sp³-hybridized carbons (Fsp3) is 0.647. The zero-order valence-electron chi connectivity index (χ0n) is 13.8. The maximum absolute atomic E-state index is 9.72. The molecule has 0 aromatic heterocycles. The minimum atomic E-state index is -0.643. The lowest BCUT2D eigenvalue weighted by molar-refractivity contribution is 0.163. The minimum absolute atomic E-state index is 0.0216. The molecule has 0 aliphatic heterocycles. The normalized spacial score (nSPS) is 14.6. The lowest BCUT2D eigenvalue weighted by Gasteiger charge is -2.31. The SMILES string of the molecule is CCN(CCCN(C)C)CCC(N)(CO)c1ccccc1. The van der Waals surface area contributed by atoms with Crippen molar-refractivity contribution in [2.24, 2.45) is 5.73 Å². The molecule has 1 unspecified atom stereocenters. The quantitative estimate of drug-likeness (QED) is 0.686. The predicted octanol–water partition coefficient (Wildman–Crippen LogP) is 1.50. The Morgan fingerprint density at radius 1 is 1.10 bits per heavy atom. The first kappa shape index (κ1) is 18.1. The molecule has 0 heterocycles. The van der Waals surface area contributed by atoms with Gasteiger partial charge in [0.2, 0.25) is 0 Å². The standard InChI is InChI=1S/C17H31N3O/c1-4-20(13-8-12-19(2)3)14-11-17(18,15-21)16-9-6-5-7-10-16/h5-7,9-10,21H,4,8,11-15,18H2,1-3H3. The van der Waals surface area contributed by atoms with Crippen LogP contribution in [-0.2, 0) is 5.54 Å². The summed E-state index contributed by atoms with van der Waals surface area (Å²) in [6.45, 7) is 6.26. The first-order chi connectivity index (χ1) is 10.0. The zero-order valence-corrected chi connectivity index (χ0v) is 13.8. The van der Waals surface area contributed by atoms with Gasteiger partial charge in [-0.1, -0.05) is 37.3 Å². The van der Waals surface area contributed by atoms with Crippen LogP contribution in [0.1, 0.15) is 25.3 Å². The number of nitrogens with two attached hydrogens (primary N) is 1. The number of hydrogen-bond acceptors (Lipinski definition) is 4. The molecule has 4 nitrogen and oxygen atoms in total. The number of aliphatic hydroxyl groups is 1. The lowest BCUT2D eigenvalue weighted by Crippen LogP contribution is -2.44. The van der Waals surface area contributed by atoms with Crippen molar-refractivity contribution in [2.45, 2.75) is 25.3 Å². The maximum Gasteiger partial charge on any atom is 0.0656 e. The van der Waals surface area contributed by atoms with Gasteiger partial charge in [-0.05, 0) is 52.1 Å². The summed E-state index contributed by atoms with van der Waals surface area (Å²) in [4.78, 5) is 4.61. The Morgan fingerprint density at radius 2 is 1.76 bits per heavy atom. The number of rotatable bonds is 10. The van der Waals surface area contributed by atoms with Crippen molar-refractivity contribution in [1.82, 2.24) is 9.80 Å². The molecule has 1 aromatic rings. The second-order valence-electron chi connectivity index (χ2n) is 6.02. The third-order valence-electron chi connectivity index (χ3n) is 4.03. The van der Waals surface area contributed by atoms with Gasteiger partial charge in [0.25, 0.3) is 0 Å². The Balaban J connectivity index is 2.52. The van der Waals surface area contributed by atoms with Crippen LogP contribution in [0.4, 0.5) is 0 Å². The smallest absolute Gasteiger partial charge is 0.0656 e. The zero-order chi connectivity index (χ0) is 15.7. The maximum atomic E-state index is 9.72. The van der Waals surface area contributed by atoms with Gasteiger partial charge in [0.1, 0.15) is 0 Å². The van der Waals surface area contributed by atoms with Crippen LogP contribution in [0.5, 0.6) is 0 Å². The molecule has 0 fully saturated rings. The third kappa shape index (κ3) is 6.14. The summed E-state index contributed by atoms with van der Waals surface area (Å²) in [7, 11) is 4.20. The monoisotopic (exact) mass is 293 g/mol. The number of hydrogen-bond donors (Lipinski definition) is 2.